The highest BCUT2D eigenvalue weighted by Gasteiger charge is 2.31. The van der Waals surface area contributed by atoms with Crippen LogP contribution in [0.25, 0.3) is 11.5 Å². The molecule has 0 radical (unpaired) electrons. The average molecular weight is 484 g/mol. The first-order valence-corrected chi connectivity index (χ1v) is 10.3. The molecule has 0 aliphatic rings. The van der Waals surface area contributed by atoms with Crippen molar-refractivity contribution in [2.45, 2.75) is 26.1 Å². The summed E-state index contributed by atoms with van der Waals surface area (Å²) >= 11 is 0. The van der Waals surface area contributed by atoms with E-state index in [4.69, 9.17) is 5.73 Å². The summed E-state index contributed by atoms with van der Waals surface area (Å²) in [5, 5.41) is 14.5. The Labute approximate surface area is 196 Å². The Morgan fingerprint density at radius 2 is 1.80 bits per heavy atom. The van der Waals surface area contributed by atoms with E-state index >= 15 is 0 Å². The number of hydrogen-bond acceptors (Lipinski definition) is 6. The van der Waals surface area contributed by atoms with Crippen LogP contribution in [0.4, 0.5) is 13.2 Å². The van der Waals surface area contributed by atoms with Crippen molar-refractivity contribution in [1.29, 1.82) is 0 Å². The molecular weight excluding hydrogens is 465 g/mol. The van der Waals surface area contributed by atoms with E-state index in [0.29, 0.717) is 11.4 Å². The van der Waals surface area contributed by atoms with Gasteiger partial charge >= 0.3 is 6.18 Å². The maximum atomic E-state index is 12.8. The molecule has 1 atom stereocenters. The summed E-state index contributed by atoms with van der Waals surface area (Å²) in [5.74, 6) is -0.928. The lowest BCUT2D eigenvalue weighted by Gasteiger charge is -2.15. The number of nitrogens with two attached hydrogens (primary N) is 1. The third-order valence-corrected chi connectivity index (χ3v) is 5.30. The van der Waals surface area contributed by atoms with Crippen molar-refractivity contribution >= 4 is 11.8 Å². The standard InChI is InChI=1S/C22H19F3N8O2/c1-12(14-3-6-16(7-4-14)32-11-18(20(26)34)30-31-32)29-21(35)17-10-28-33(13(17)2)19-8-5-15(9-27-19)22(23,24)25/h3-12H,1-2H3,(H2,26,34)(H,29,35). The molecule has 0 fully saturated rings. The lowest BCUT2D eigenvalue weighted by atomic mass is 10.1. The first-order chi connectivity index (χ1) is 16.5. The number of benzene rings is 1. The molecule has 3 heterocycles. The van der Waals surface area contributed by atoms with E-state index in [0.717, 1.165) is 17.8 Å². The van der Waals surface area contributed by atoms with Gasteiger partial charge in [0.25, 0.3) is 11.8 Å². The number of carbonyl (C=O) groups is 2. The zero-order valence-electron chi connectivity index (χ0n) is 18.5. The quantitative estimate of drug-likeness (QED) is 0.432. The highest BCUT2D eigenvalue weighted by molar-refractivity contribution is 5.95. The summed E-state index contributed by atoms with van der Waals surface area (Å²) in [4.78, 5) is 27.8. The van der Waals surface area contributed by atoms with Crippen molar-refractivity contribution in [2.75, 3.05) is 0 Å². The normalized spacial score (nSPS) is 12.4. The Kier molecular flexibility index (Phi) is 6.07. The molecule has 3 aromatic heterocycles. The van der Waals surface area contributed by atoms with Crippen LogP contribution in [-0.4, -0.2) is 41.6 Å². The van der Waals surface area contributed by atoms with Gasteiger partial charge in [0.05, 0.1) is 40.9 Å². The first-order valence-electron chi connectivity index (χ1n) is 10.3. The number of halogens is 3. The number of alkyl halides is 3. The molecule has 13 heteroatoms. The van der Waals surface area contributed by atoms with Crippen LogP contribution in [0.15, 0.2) is 55.0 Å². The van der Waals surface area contributed by atoms with E-state index in [9.17, 15) is 22.8 Å². The maximum Gasteiger partial charge on any atom is 0.417 e. The summed E-state index contributed by atoms with van der Waals surface area (Å²) in [6.45, 7) is 3.42. The maximum absolute atomic E-state index is 12.8. The number of carbonyl (C=O) groups excluding carboxylic acids is 2. The zero-order valence-corrected chi connectivity index (χ0v) is 18.5. The largest absolute Gasteiger partial charge is 0.417 e. The molecule has 0 aliphatic carbocycles. The van der Waals surface area contributed by atoms with Gasteiger partial charge in [0.15, 0.2) is 11.5 Å². The second-order valence-electron chi connectivity index (χ2n) is 7.66. The molecule has 3 N–H and O–H groups in total. The zero-order chi connectivity index (χ0) is 25.3. The molecule has 0 spiro atoms. The Morgan fingerprint density at radius 3 is 2.37 bits per heavy atom. The highest BCUT2D eigenvalue weighted by Crippen LogP contribution is 2.29. The van der Waals surface area contributed by atoms with Gasteiger partial charge in [0.2, 0.25) is 0 Å². The molecular formula is C22H19F3N8O2. The minimum atomic E-state index is -4.49. The number of hydrogen-bond donors (Lipinski definition) is 2. The molecule has 0 bridgehead atoms. The van der Waals surface area contributed by atoms with Crippen molar-refractivity contribution in [3.05, 3.63) is 83.1 Å². The fourth-order valence-electron chi connectivity index (χ4n) is 3.32. The number of aromatic nitrogens is 6. The third-order valence-electron chi connectivity index (χ3n) is 5.30. The van der Waals surface area contributed by atoms with Crippen LogP contribution in [0.2, 0.25) is 0 Å². The van der Waals surface area contributed by atoms with Crippen LogP contribution in [0.3, 0.4) is 0 Å². The van der Waals surface area contributed by atoms with Crippen molar-refractivity contribution in [3.63, 3.8) is 0 Å². The second kappa shape index (κ2) is 9.00. The molecule has 1 unspecified atom stereocenters. The smallest absolute Gasteiger partial charge is 0.364 e. The number of amides is 2. The van der Waals surface area contributed by atoms with Crippen LogP contribution in [0.1, 0.15) is 50.6 Å². The van der Waals surface area contributed by atoms with Gasteiger partial charge in [-0.1, -0.05) is 17.3 Å². The summed E-state index contributed by atoms with van der Waals surface area (Å²) in [7, 11) is 0. The van der Waals surface area contributed by atoms with E-state index in [1.54, 1.807) is 38.1 Å². The fraction of sp³-hybridized carbons (Fsp3) is 0.182. The predicted molar refractivity (Wildman–Crippen MR) is 117 cm³/mol. The Bertz CT molecular complexity index is 1380. The Hall–Kier alpha value is -4.55. The van der Waals surface area contributed by atoms with E-state index in [1.807, 2.05) is 0 Å². The topological polar surface area (TPSA) is 134 Å². The van der Waals surface area contributed by atoms with Gasteiger partial charge in [0.1, 0.15) is 0 Å². The van der Waals surface area contributed by atoms with E-state index in [2.05, 4.69) is 25.7 Å². The predicted octanol–water partition coefficient (Wildman–Crippen LogP) is 2.77. The summed E-state index contributed by atoms with van der Waals surface area (Å²) in [6.07, 6.45) is -1.03. The van der Waals surface area contributed by atoms with E-state index in [-0.39, 0.29) is 23.1 Å². The molecule has 35 heavy (non-hydrogen) atoms. The van der Waals surface area contributed by atoms with Crippen LogP contribution >= 0.6 is 0 Å². The lowest BCUT2D eigenvalue weighted by molar-refractivity contribution is -0.137. The van der Waals surface area contributed by atoms with Crippen molar-refractivity contribution in [3.8, 4) is 11.5 Å². The highest BCUT2D eigenvalue weighted by atomic mass is 19.4. The molecule has 4 rings (SSSR count). The number of nitrogens with zero attached hydrogens (tertiary/aromatic N) is 6. The molecule has 4 aromatic rings. The Morgan fingerprint density at radius 1 is 1.09 bits per heavy atom. The second-order valence-corrected chi connectivity index (χ2v) is 7.66. The van der Waals surface area contributed by atoms with Gasteiger partial charge in [-0.2, -0.15) is 18.3 Å². The average Bonchev–Trinajstić information content (AvgIpc) is 3.46. The van der Waals surface area contributed by atoms with Crippen molar-refractivity contribution < 1.29 is 22.8 Å². The van der Waals surface area contributed by atoms with Crippen molar-refractivity contribution in [1.82, 2.24) is 35.1 Å². The molecule has 180 valence electrons. The molecule has 1 aromatic carbocycles. The summed E-state index contributed by atoms with van der Waals surface area (Å²) < 4.78 is 41.0. The van der Waals surface area contributed by atoms with Crippen LogP contribution < -0.4 is 11.1 Å². The fourth-order valence-corrected chi connectivity index (χ4v) is 3.32. The Balaban J connectivity index is 1.46. The number of pyridine rings is 1. The van der Waals surface area contributed by atoms with Gasteiger partial charge in [-0.05, 0) is 43.7 Å². The first kappa shape index (κ1) is 23.6. The van der Waals surface area contributed by atoms with E-state index in [1.165, 1.54) is 27.8 Å². The van der Waals surface area contributed by atoms with Gasteiger partial charge < -0.3 is 11.1 Å². The van der Waals surface area contributed by atoms with Gasteiger partial charge in [-0.15, -0.1) is 5.10 Å². The molecule has 2 amide bonds. The minimum absolute atomic E-state index is 0.0390. The summed E-state index contributed by atoms with van der Waals surface area (Å²) in [5.41, 5.74) is 6.48. The monoisotopic (exact) mass is 484 g/mol. The number of rotatable bonds is 6. The van der Waals surface area contributed by atoms with Gasteiger partial charge in [-0.25, -0.2) is 14.3 Å². The van der Waals surface area contributed by atoms with Crippen LogP contribution in [-0.2, 0) is 6.18 Å². The third kappa shape index (κ3) is 4.88. The van der Waals surface area contributed by atoms with Crippen LogP contribution in [0.5, 0.6) is 0 Å². The molecule has 0 aliphatic heterocycles. The number of primary amides is 1. The molecule has 0 saturated carbocycles. The van der Waals surface area contributed by atoms with E-state index < -0.39 is 23.6 Å². The molecule has 0 saturated heterocycles. The number of nitrogens with one attached hydrogen (secondary N) is 1. The van der Waals surface area contributed by atoms with Gasteiger partial charge in [-0.3, -0.25) is 9.59 Å². The van der Waals surface area contributed by atoms with Gasteiger partial charge in [0, 0.05) is 6.20 Å². The molecule has 10 nitrogen and oxygen atoms in total. The summed E-state index contributed by atoms with van der Waals surface area (Å²) in [6, 6.07) is 8.79. The SMILES string of the molecule is Cc1c(C(=O)NC(C)c2ccc(-n3cc(C(N)=O)nn3)cc2)cnn1-c1ccc(C(F)(F)F)cn1. The van der Waals surface area contributed by atoms with Crippen LogP contribution in [0, 0.1) is 6.92 Å². The van der Waals surface area contributed by atoms with Crippen molar-refractivity contribution in [2.24, 2.45) is 5.73 Å². The minimum Gasteiger partial charge on any atom is -0.364 e. The lowest BCUT2D eigenvalue weighted by Crippen LogP contribution is -2.27.